The number of amides is 1. The fourth-order valence-electron chi connectivity index (χ4n) is 3.02. The second-order valence-corrected chi connectivity index (χ2v) is 7.96. The van der Waals surface area contributed by atoms with Gasteiger partial charge in [-0.1, -0.05) is 6.07 Å². The fraction of sp³-hybridized carbons (Fsp3) is 0.278. The molecule has 0 spiro atoms. The molecule has 1 aliphatic heterocycles. The molecule has 0 unspecified atom stereocenters. The van der Waals surface area contributed by atoms with E-state index < -0.39 is 21.8 Å². The molecule has 1 fully saturated rings. The van der Waals surface area contributed by atoms with E-state index in [1.807, 2.05) is 0 Å². The Morgan fingerprint density at radius 1 is 0.964 bits per heavy atom. The van der Waals surface area contributed by atoms with E-state index in [0.717, 1.165) is 12.1 Å². The summed E-state index contributed by atoms with van der Waals surface area (Å²) < 4.78 is 61.2. The summed E-state index contributed by atoms with van der Waals surface area (Å²) in [5.74, 6) is -0.273. The van der Waals surface area contributed by atoms with Gasteiger partial charge in [0.2, 0.25) is 10.0 Å². The maximum absolute atomic E-state index is 12.9. The van der Waals surface area contributed by atoms with Crippen LogP contribution in [0.2, 0.25) is 0 Å². The summed E-state index contributed by atoms with van der Waals surface area (Å²) in [5.41, 5.74) is 0.0674. The van der Waals surface area contributed by atoms with Gasteiger partial charge in [-0.15, -0.1) is 0 Å². The van der Waals surface area contributed by atoms with E-state index in [2.05, 4.69) is 0 Å². The van der Waals surface area contributed by atoms with Crippen LogP contribution in [0.5, 0.6) is 0 Å². The first kappa shape index (κ1) is 20.2. The molecule has 1 aliphatic rings. The van der Waals surface area contributed by atoms with Gasteiger partial charge in [0, 0.05) is 37.4 Å². The molecule has 2 aromatic carbocycles. The van der Waals surface area contributed by atoms with Crippen molar-refractivity contribution in [1.29, 1.82) is 0 Å². The summed E-state index contributed by atoms with van der Waals surface area (Å²) in [6, 6.07) is 10.4. The SMILES string of the molecule is NS(=O)(=O)c1ccc(C(=O)N2CCN(c3cccc(C(F)(F)F)c3)CC2)cc1. The lowest BCUT2D eigenvalue weighted by molar-refractivity contribution is -0.137. The van der Waals surface area contributed by atoms with Crippen LogP contribution < -0.4 is 10.0 Å². The quantitative estimate of drug-likeness (QED) is 0.837. The zero-order valence-electron chi connectivity index (χ0n) is 14.7. The van der Waals surface area contributed by atoms with Gasteiger partial charge in [-0.2, -0.15) is 13.2 Å². The lowest BCUT2D eigenvalue weighted by Crippen LogP contribution is -2.48. The molecule has 0 saturated carbocycles. The van der Waals surface area contributed by atoms with Crippen molar-refractivity contribution < 1.29 is 26.4 Å². The molecule has 1 saturated heterocycles. The number of alkyl halides is 3. The Balaban J connectivity index is 1.66. The number of carbonyl (C=O) groups excluding carboxylic acids is 1. The summed E-state index contributed by atoms with van der Waals surface area (Å²) in [4.78, 5) is 15.9. The average molecular weight is 413 g/mol. The van der Waals surface area contributed by atoms with E-state index in [-0.39, 0.29) is 10.8 Å². The van der Waals surface area contributed by atoms with Crippen LogP contribution in [-0.4, -0.2) is 45.4 Å². The van der Waals surface area contributed by atoms with E-state index in [1.165, 1.54) is 30.3 Å². The van der Waals surface area contributed by atoms with E-state index in [0.29, 0.717) is 37.4 Å². The summed E-state index contributed by atoms with van der Waals surface area (Å²) in [5, 5.41) is 5.03. The van der Waals surface area contributed by atoms with Crippen LogP contribution in [0.3, 0.4) is 0 Å². The van der Waals surface area contributed by atoms with Crippen molar-refractivity contribution in [1.82, 2.24) is 4.90 Å². The van der Waals surface area contributed by atoms with Gasteiger partial charge < -0.3 is 9.80 Å². The number of rotatable bonds is 3. The number of hydrogen-bond donors (Lipinski definition) is 1. The molecule has 0 bridgehead atoms. The Morgan fingerprint density at radius 2 is 1.57 bits per heavy atom. The number of anilines is 1. The van der Waals surface area contributed by atoms with Crippen LogP contribution in [0.15, 0.2) is 53.4 Å². The summed E-state index contributed by atoms with van der Waals surface area (Å²) in [6.45, 7) is 1.46. The Bertz CT molecular complexity index is 968. The summed E-state index contributed by atoms with van der Waals surface area (Å²) >= 11 is 0. The Labute approximate surface area is 160 Å². The van der Waals surface area contributed by atoms with E-state index in [4.69, 9.17) is 5.14 Å². The standard InChI is InChI=1S/C18H18F3N3O3S/c19-18(20,21)14-2-1-3-15(12-14)23-8-10-24(11-9-23)17(25)13-4-6-16(7-5-13)28(22,26)27/h1-7,12H,8-11H2,(H2,22,26,27). The molecular formula is C18H18F3N3O3S. The van der Waals surface area contributed by atoms with Crippen molar-refractivity contribution in [2.75, 3.05) is 31.1 Å². The van der Waals surface area contributed by atoms with Gasteiger partial charge in [-0.05, 0) is 42.5 Å². The van der Waals surface area contributed by atoms with Gasteiger partial charge in [0.1, 0.15) is 0 Å². The number of nitrogens with two attached hydrogens (primary N) is 1. The van der Waals surface area contributed by atoms with Gasteiger partial charge in [0.05, 0.1) is 10.5 Å². The number of halogens is 3. The molecule has 2 aromatic rings. The molecule has 0 aromatic heterocycles. The van der Waals surface area contributed by atoms with Gasteiger partial charge in [0.15, 0.2) is 0 Å². The lowest BCUT2D eigenvalue weighted by atomic mass is 10.1. The average Bonchev–Trinajstić information content (AvgIpc) is 2.66. The number of hydrogen-bond acceptors (Lipinski definition) is 4. The first-order chi connectivity index (χ1) is 13.1. The number of primary sulfonamides is 1. The third kappa shape index (κ3) is 4.45. The van der Waals surface area contributed by atoms with Crippen molar-refractivity contribution in [2.45, 2.75) is 11.1 Å². The molecule has 150 valence electrons. The monoisotopic (exact) mass is 413 g/mol. The summed E-state index contributed by atoms with van der Waals surface area (Å²) in [6.07, 6.45) is -4.41. The van der Waals surface area contributed by atoms with Crippen LogP contribution in [0.1, 0.15) is 15.9 Å². The second kappa shape index (κ2) is 7.44. The minimum atomic E-state index is -4.41. The number of carbonyl (C=O) groups is 1. The molecule has 0 radical (unpaired) electrons. The molecule has 0 aliphatic carbocycles. The molecule has 3 rings (SSSR count). The number of piperazine rings is 1. The predicted octanol–water partition coefficient (Wildman–Crippen LogP) is 2.32. The smallest absolute Gasteiger partial charge is 0.368 e. The fourth-order valence-corrected chi connectivity index (χ4v) is 3.53. The van der Waals surface area contributed by atoms with Crippen LogP contribution in [0.25, 0.3) is 0 Å². The minimum absolute atomic E-state index is 0.0848. The Kier molecular flexibility index (Phi) is 5.35. The number of nitrogens with zero attached hydrogens (tertiary/aromatic N) is 2. The van der Waals surface area contributed by atoms with E-state index in [1.54, 1.807) is 15.9 Å². The summed E-state index contributed by atoms with van der Waals surface area (Å²) in [7, 11) is -3.83. The van der Waals surface area contributed by atoms with E-state index in [9.17, 15) is 26.4 Å². The first-order valence-electron chi connectivity index (χ1n) is 8.40. The normalized spacial score (nSPS) is 15.6. The number of sulfonamides is 1. The van der Waals surface area contributed by atoms with Crippen LogP contribution >= 0.6 is 0 Å². The van der Waals surface area contributed by atoms with Crippen molar-refractivity contribution in [3.8, 4) is 0 Å². The maximum Gasteiger partial charge on any atom is 0.416 e. The molecule has 2 N–H and O–H groups in total. The highest BCUT2D eigenvalue weighted by Crippen LogP contribution is 2.32. The molecule has 6 nitrogen and oxygen atoms in total. The van der Waals surface area contributed by atoms with Gasteiger partial charge >= 0.3 is 6.18 Å². The van der Waals surface area contributed by atoms with Crippen molar-refractivity contribution in [3.63, 3.8) is 0 Å². The number of benzene rings is 2. The maximum atomic E-state index is 12.9. The van der Waals surface area contributed by atoms with E-state index >= 15 is 0 Å². The topological polar surface area (TPSA) is 83.7 Å². The lowest BCUT2D eigenvalue weighted by Gasteiger charge is -2.36. The van der Waals surface area contributed by atoms with Crippen molar-refractivity contribution >= 4 is 21.6 Å². The first-order valence-corrected chi connectivity index (χ1v) is 9.95. The third-order valence-electron chi connectivity index (χ3n) is 4.54. The third-order valence-corrected chi connectivity index (χ3v) is 5.46. The Morgan fingerprint density at radius 3 is 2.11 bits per heavy atom. The highest BCUT2D eigenvalue weighted by Gasteiger charge is 2.31. The van der Waals surface area contributed by atoms with Crippen LogP contribution in [0, 0.1) is 0 Å². The second-order valence-electron chi connectivity index (χ2n) is 6.40. The van der Waals surface area contributed by atoms with Gasteiger partial charge in [-0.3, -0.25) is 4.79 Å². The molecule has 1 heterocycles. The highest BCUT2D eigenvalue weighted by molar-refractivity contribution is 7.89. The minimum Gasteiger partial charge on any atom is -0.368 e. The zero-order valence-corrected chi connectivity index (χ0v) is 15.5. The molecule has 10 heteroatoms. The molecule has 1 amide bonds. The Hall–Kier alpha value is -2.59. The largest absolute Gasteiger partial charge is 0.416 e. The van der Waals surface area contributed by atoms with Crippen LogP contribution in [0.4, 0.5) is 18.9 Å². The van der Waals surface area contributed by atoms with Crippen molar-refractivity contribution in [2.24, 2.45) is 5.14 Å². The molecule has 28 heavy (non-hydrogen) atoms. The highest BCUT2D eigenvalue weighted by atomic mass is 32.2. The predicted molar refractivity (Wildman–Crippen MR) is 97.4 cm³/mol. The van der Waals surface area contributed by atoms with Gasteiger partial charge in [-0.25, -0.2) is 13.6 Å². The van der Waals surface area contributed by atoms with Crippen molar-refractivity contribution in [3.05, 3.63) is 59.7 Å². The molecular weight excluding hydrogens is 395 g/mol. The molecule has 0 atom stereocenters. The van der Waals surface area contributed by atoms with Gasteiger partial charge in [0.25, 0.3) is 5.91 Å². The van der Waals surface area contributed by atoms with Crippen LogP contribution in [-0.2, 0) is 16.2 Å². The zero-order chi connectivity index (χ0) is 20.5.